The molecule has 60 heavy (non-hydrogen) atoms. The maximum atomic E-state index is 11.4. The molecule has 1 aliphatic heterocycles. The summed E-state index contributed by atoms with van der Waals surface area (Å²) in [7, 11) is 0. The fourth-order valence-corrected chi connectivity index (χ4v) is 14.8. The smallest absolute Gasteiger partial charge is 0.346 e. The third-order valence-electron chi connectivity index (χ3n) is 12.6. The zero-order valence-electron chi connectivity index (χ0n) is 33.4. The Morgan fingerprint density at radius 1 is 0.650 bits per heavy atom. The number of fused-ring (bicyclic) bond motifs is 8. The van der Waals surface area contributed by atoms with Gasteiger partial charge in [0.25, 0.3) is 0 Å². The summed E-state index contributed by atoms with van der Waals surface area (Å²) in [6, 6.07) is 49.5. The van der Waals surface area contributed by atoms with E-state index in [9.17, 15) is 15.2 Å². The Balaban J connectivity index is 0.924. The summed E-state index contributed by atoms with van der Waals surface area (Å²) in [6.07, 6.45) is 2.34. The lowest BCUT2D eigenvalue weighted by atomic mass is 9.82. The maximum Gasteiger partial charge on any atom is 0.346 e. The fraction of sp³-hybridized carbons (Fsp3) is 0.154. The van der Waals surface area contributed by atoms with Crippen LogP contribution in [0.2, 0.25) is 0 Å². The summed E-state index contributed by atoms with van der Waals surface area (Å²) < 4.78 is 2.56. The first-order valence-corrected chi connectivity index (χ1v) is 23.4. The summed E-state index contributed by atoms with van der Waals surface area (Å²) in [6.45, 7) is 9.40. The number of hydrogen-bond donors (Lipinski definition) is 1. The van der Waals surface area contributed by atoms with E-state index in [2.05, 4.69) is 160 Å². The normalized spacial score (nSPS) is 16.5. The van der Waals surface area contributed by atoms with Crippen LogP contribution >= 0.6 is 45.8 Å². The number of carboxylic acids is 1. The van der Waals surface area contributed by atoms with E-state index in [1.54, 1.807) is 29.2 Å². The number of benzene rings is 5. The Kier molecular flexibility index (Phi) is 8.50. The number of nitrogens with zero attached hydrogens (tertiary/aromatic N) is 2. The van der Waals surface area contributed by atoms with Crippen LogP contribution in [0.4, 0.5) is 17.1 Å². The minimum Gasteiger partial charge on any atom is -0.477 e. The molecule has 292 valence electrons. The first-order chi connectivity index (χ1) is 29.0. The highest BCUT2D eigenvalue weighted by Crippen LogP contribution is 2.54. The van der Waals surface area contributed by atoms with Crippen LogP contribution in [0.25, 0.3) is 51.8 Å². The first-order valence-electron chi connectivity index (χ1n) is 20.1. The van der Waals surface area contributed by atoms with Gasteiger partial charge >= 0.3 is 5.97 Å². The lowest BCUT2D eigenvalue weighted by molar-refractivity contribution is -0.132. The fourth-order valence-electron chi connectivity index (χ4n) is 9.58. The van der Waals surface area contributed by atoms with E-state index in [-0.39, 0.29) is 21.7 Å². The zero-order valence-corrected chi connectivity index (χ0v) is 36.6. The van der Waals surface area contributed by atoms with Crippen LogP contribution < -0.4 is 4.90 Å². The number of carboxylic acid groups (broad SMARTS) is 1. The van der Waals surface area contributed by atoms with Gasteiger partial charge in [-0.25, -0.2) is 4.79 Å². The number of carbonyl (C=O) groups is 1. The van der Waals surface area contributed by atoms with Gasteiger partial charge in [0, 0.05) is 66.9 Å². The van der Waals surface area contributed by atoms with Crippen LogP contribution in [0.1, 0.15) is 54.8 Å². The monoisotopic (exact) mass is 850 g/mol. The molecule has 1 unspecified atom stereocenters. The van der Waals surface area contributed by atoms with Gasteiger partial charge in [-0.2, -0.15) is 5.26 Å². The molecule has 0 saturated heterocycles. The summed E-state index contributed by atoms with van der Waals surface area (Å²) in [5.74, 6) is -1.16. The number of thiophene rings is 3. The van der Waals surface area contributed by atoms with Crippen molar-refractivity contribution in [3.8, 4) is 48.5 Å². The molecule has 8 aromatic rings. The molecule has 0 radical (unpaired) electrons. The van der Waals surface area contributed by atoms with Gasteiger partial charge in [0.05, 0.1) is 0 Å². The van der Waals surface area contributed by atoms with E-state index in [1.165, 1.54) is 83.9 Å². The molecule has 4 nitrogen and oxygen atoms in total. The van der Waals surface area contributed by atoms with Gasteiger partial charge < -0.3 is 10.0 Å². The van der Waals surface area contributed by atoms with Gasteiger partial charge in [-0.3, -0.25) is 0 Å². The molecular weight excluding hydrogens is 813 g/mol. The molecule has 0 saturated carbocycles. The maximum absolute atomic E-state index is 11.4. The summed E-state index contributed by atoms with van der Waals surface area (Å²) in [5, 5.41) is 18.5. The van der Waals surface area contributed by atoms with Crippen molar-refractivity contribution in [2.75, 3.05) is 4.90 Å². The minimum absolute atomic E-state index is 0.0178. The highest BCUT2D eigenvalue weighted by atomic mass is 32.2. The number of thioether (sulfide) groups is 1. The predicted molar refractivity (Wildman–Crippen MR) is 253 cm³/mol. The number of anilines is 3. The van der Waals surface area contributed by atoms with Crippen LogP contribution in [-0.2, 0) is 22.0 Å². The molecular formula is C52H38N2O2S4. The molecule has 1 atom stereocenters. The third-order valence-corrected chi connectivity index (χ3v) is 17.7. The lowest BCUT2D eigenvalue weighted by Crippen LogP contribution is -2.18. The second kappa shape index (κ2) is 13.7. The van der Waals surface area contributed by atoms with E-state index in [0.29, 0.717) is 0 Å². The highest BCUT2D eigenvalue weighted by molar-refractivity contribution is 8.00. The van der Waals surface area contributed by atoms with Gasteiger partial charge in [0.2, 0.25) is 0 Å². The van der Waals surface area contributed by atoms with Gasteiger partial charge in [-0.15, -0.1) is 45.8 Å². The molecule has 0 fully saturated rings. The van der Waals surface area contributed by atoms with Crippen molar-refractivity contribution in [2.24, 2.45) is 0 Å². The van der Waals surface area contributed by atoms with E-state index < -0.39 is 5.97 Å². The summed E-state index contributed by atoms with van der Waals surface area (Å²) >= 11 is 7.08. The zero-order chi connectivity index (χ0) is 41.1. The van der Waals surface area contributed by atoms with Crippen molar-refractivity contribution >= 4 is 78.2 Å². The van der Waals surface area contributed by atoms with Gasteiger partial charge in [0.15, 0.2) is 0 Å². The van der Waals surface area contributed by atoms with E-state index in [1.807, 2.05) is 28.7 Å². The van der Waals surface area contributed by atoms with Gasteiger partial charge in [-0.1, -0.05) is 100 Å². The van der Waals surface area contributed by atoms with Gasteiger partial charge in [0.1, 0.15) is 11.6 Å². The van der Waals surface area contributed by atoms with Crippen molar-refractivity contribution in [3.05, 3.63) is 166 Å². The summed E-state index contributed by atoms with van der Waals surface area (Å²) in [5.41, 5.74) is 15.0. The van der Waals surface area contributed by atoms with Crippen LogP contribution in [0, 0.1) is 11.3 Å². The Labute approximate surface area is 365 Å². The van der Waals surface area contributed by atoms with E-state index in [0.717, 1.165) is 23.5 Å². The molecule has 4 heterocycles. The Hall–Kier alpha value is -5.69. The van der Waals surface area contributed by atoms with Crippen molar-refractivity contribution in [3.63, 3.8) is 0 Å². The van der Waals surface area contributed by atoms with Crippen molar-refractivity contribution in [1.29, 1.82) is 5.26 Å². The first kappa shape index (κ1) is 37.3. The van der Waals surface area contributed by atoms with Crippen LogP contribution in [0.5, 0.6) is 0 Å². The standard InChI is InChI=1S/C52H38N2O2S4/c1-51(2)39-11-7-5-9-35(39)37-19-17-32(22-41(37)51)54(33-18-20-38-36-10-6-8-12-40(36)52(3,4)42(38)23-33)31-15-13-29(14-16-31)43-25-46-47(58-43)27-49(60-46)48-26-45-44(59-48)24-34(57-45)21-30(28-53)50(55)56/h5-23,25-27,34H,24H2,1-4H3,(H,55,56)/b30-21-. The largest absolute Gasteiger partial charge is 0.477 e. The molecule has 0 bridgehead atoms. The number of hydrogen-bond acceptors (Lipinski definition) is 7. The van der Waals surface area contributed by atoms with Crippen molar-refractivity contribution in [2.45, 2.75) is 55.1 Å². The highest BCUT2D eigenvalue weighted by Gasteiger charge is 2.38. The molecule has 0 spiro atoms. The van der Waals surface area contributed by atoms with Crippen LogP contribution in [0.3, 0.4) is 0 Å². The van der Waals surface area contributed by atoms with Gasteiger partial charge in [-0.05, 0) is 117 Å². The number of nitriles is 1. The predicted octanol–water partition coefficient (Wildman–Crippen LogP) is 15.0. The SMILES string of the molecule is CC1(C)c2ccccc2-c2ccc(N(c3ccc(-c4cc5sc(-c6cc7c(s6)CC(/C=C(/C#N)C(=O)O)S7)cc5s4)cc3)c3ccc4c(c3)C(C)(C)c3ccccc3-4)cc21. The quantitative estimate of drug-likeness (QED) is 0.128. The Morgan fingerprint density at radius 2 is 1.17 bits per heavy atom. The molecule has 1 N–H and O–H groups in total. The second-order valence-electron chi connectivity index (χ2n) is 16.9. The lowest BCUT2D eigenvalue weighted by Gasteiger charge is -2.30. The Bertz CT molecular complexity index is 3010. The molecule has 8 heteroatoms. The minimum atomic E-state index is -1.16. The number of rotatable bonds is 7. The third kappa shape index (κ3) is 5.78. The summed E-state index contributed by atoms with van der Waals surface area (Å²) in [4.78, 5) is 20.0. The van der Waals surface area contributed by atoms with Crippen molar-refractivity contribution < 1.29 is 9.90 Å². The molecule has 11 rings (SSSR count). The molecule has 2 aliphatic carbocycles. The second-order valence-corrected chi connectivity index (χ2v) is 21.5. The topological polar surface area (TPSA) is 64.3 Å². The Morgan fingerprint density at radius 3 is 1.73 bits per heavy atom. The van der Waals surface area contributed by atoms with Crippen molar-refractivity contribution in [1.82, 2.24) is 0 Å². The van der Waals surface area contributed by atoms with E-state index >= 15 is 0 Å². The van der Waals surface area contributed by atoms with Crippen LogP contribution in [0.15, 0.2) is 144 Å². The number of aliphatic carboxylic acids is 1. The molecule has 5 aromatic carbocycles. The average molecular weight is 851 g/mol. The van der Waals surface area contributed by atoms with Crippen LogP contribution in [-0.4, -0.2) is 16.3 Å². The van der Waals surface area contributed by atoms with E-state index in [4.69, 9.17) is 0 Å². The molecule has 3 aromatic heterocycles. The average Bonchev–Trinajstić information content (AvgIpc) is 4.08. The molecule has 0 amide bonds. The molecule has 3 aliphatic rings.